The predicted molar refractivity (Wildman–Crippen MR) is 148 cm³/mol. The van der Waals surface area contributed by atoms with Crippen LogP contribution in [0.15, 0.2) is 41.2 Å². The van der Waals surface area contributed by atoms with Gasteiger partial charge in [-0.3, -0.25) is 4.79 Å². The van der Waals surface area contributed by atoms with E-state index in [1.807, 2.05) is 0 Å². The largest absolute Gasteiger partial charge is 0.497 e. The molecule has 0 bridgehead atoms. The minimum absolute atomic E-state index is 0.0952. The highest BCUT2D eigenvalue weighted by Gasteiger charge is 2.37. The third-order valence-electron chi connectivity index (χ3n) is 7.36. The SMILES string of the molecule is COc1cc(OC)cc(-c2nn(-c3cc(N4CC[C@H](O)C4)ccc3C(F)(F)F)c(=O)c3c2CCN3CC(C)(C)O)c1. The minimum atomic E-state index is -4.77. The van der Waals surface area contributed by atoms with Crippen LogP contribution in [0.5, 0.6) is 11.5 Å². The maximum Gasteiger partial charge on any atom is 0.418 e. The van der Waals surface area contributed by atoms with E-state index in [4.69, 9.17) is 9.47 Å². The summed E-state index contributed by atoms with van der Waals surface area (Å²) in [5.41, 5.74) is -1.32. The molecule has 220 valence electrons. The number of hydrogen-bond donors (Lipinski definition) is 2. The van der Waals surface area contributed by atoms with E-state index in [2.05, 4.69) is 5.10 Å². The zero-order valence-electron chi connectivity index (χ0n) is 23.3. The number of aliphatic hydroxyl groups excluding tert-OH is 1. The molecule has 9 nitrogen and oxygen atoms in total. The van der Waals surface area contributed by atoms with Gasteiger partial charge >= 0.3 is 6.18 Å². The molecular weight excluding hydrogens is 541 g/mol. The molecule has 12 heteroatoms. The van der Waals surface area contributed by atoms with Gasteiger partial charge in [0.2, 0.25) is 0 Å². The Labute approximate surface area is 235 Å². The molecule has 0 aliphatic carbocycles. The first-order valence-electron chi connectivity index (χ1n) is 13.3. The normalized spacial score (nSPS) is 17.2. The number of rotatable bonds is 7. The molecule has 0 radical (unpaired) electrons. The van der Waals surface area contributed by atoms with E-state index < -0.39 is 34.7 Å². The van der Waals surface area contributed by atoms with Crippen molar-refractivity contribution in [3.63, 3.8) is 0 Å². The summed E-state index contributed by atoms with van der Waals surface area (Å²) in [6.07, 6.45) is -4.47. The number of alkyl halides is 3. The Bertz CT molecular complexity index is 1490. The molecular formula is C29H33F3N4O5. The fraction of sp³-hybridized carbons (Fsp3) is 0.448. The molecule has 0 unspecified atom stereocenters. The lowest BCUT2D eigenvalue weighted by Gasteiger charge is -2.27. The number of benzene rings is 2. The topological polar surface area (TPSA) is 100 Å². The van der Waals surface area contributed by atoms with Crippen molar-refractivity contribution in [2.75, 3.05) is 50.2 Å². The molecule has 1 atom stereocenters. The van der Waals surface area contributed by atoms with Crippen LogP contribution in [0.3, 0.4) is 0 Å². The number of anilines is 2. The van der Waals surface area contributed by atoms with Crippen LogP contribution in [0.25, 0.3) is 16.9 Å². The second-order valence-electron chi connectivity index (χ2n) is 11.1. The summed E-state index contributed by atoms with van der Waals surface area (Å²) in [7, 11) is 2.97. The number of nitrogens with zero attached hydrogens (tertiary/aromatic N) is 4. The number of methoxy groups -OCH3 is 2. The molecule has 1 aromatic heterocycles. The van der Waals surface area contributed by atoms with Crippen molar-refractivity contribution >= 4 is 11.4 Å². The van der Waals surface area contributed by atoms with Gasteiger partial charge in [0.15, 0.2) is 0 Å². The number of hydrogen-bond acceptors (Lipinski definition) is 8. The van der Waals surface area contributed by atoms with Crippen molar-refractivity contribution in [1.29, 1.82) is 0 Å². The number of ether oxygens (including phenoxy) is 2. The first-order chi connectivity index (χ1) is 19.3. The number of aliphatic hydroxyl groups is 2. The van der Waals surface area contributed by atoms with Crippen LogP contribution >= 0.6 is 0 Å². The lowest BCUT2D eigenvalue weighted by Crippen LogP contribution is -2.40. The molecule has 3 aromatic rings. The standard InChI is InChI=1S/C29H33F3N4O5/c1-28(2,39)16-35-10-8-22-25(17-11-20(40-3)14-21(12-17)41-4)33-36(27(38)26(22)35)24-13-18(34-9-7-19(37)15-34)5-6-23(24)29(30,31)32/h5-6,11-14,19,37,39H,7-10,15-16H2,1-4H3/t19-/m0/s1. The van der Waals surface area contributed by atoms with Gasteiger partial charge in [0, 0.05) is 49.1 Å². The van der Waals surface area contributed by atoms with Crippen LogP contribution in [0.4, 0.5) is 24.5 Å². The van der Waals surface area contributed by atoms with E-state index in [0.717, 1.165) is 10.7 Å². The van der Waals surface area contributed by atoms with Gasteiger partial charge in [-0.15, -0.1) is 0 Å². The van der Waals surface area contributed by atoms with Crippen LogP contribution in [-0.4, -0.2) is 72.1 Å². The molecule has 3 heterocycles. The lowest BCUT2D eigenvalue weighted by atomic mass is 10.0. The highest BCUT2D eigenvalue weighted by atomic mass is 19.4. The Morgan fingerprint density at radius 3 is 2.29 bits per heavy atom. The first-order valence-corrected chi connectivity index (χ1v) is 13.3. The molecule has 2 N–H and O–H groups in total. The molecule has 1 saturated heterocycles. The summed E-state index contributed by atoms with van der Waals surface area (Å²) in [4.78, 5) is 17.5. The Kier molecular flexibility index (Phi) is 7.41. The summed E-state index contributed by atoms with van der Waals surface area (Å²) in [6, 6.07) is 8.62. The Morgan fingerprint density at radius 2 is 1.73 bits per heavy atom. The Morgan fingerprint density at radius 1 is 1.05 bits per heavy atom. The van der Waals surface area contributed by atoms with Gasteiger partial charge in [-0.05, 0) is 57.0 Å². The summed E-state index contributed by atoms with van der Waals surface area (Å²) in [5.74, 6) is 0.897. The monoisotopic (exact) mass is 574 g/mol. The molecule has 41 heavy (non-hydrogen) atoms. The average molecular weight is 575 g/mol. The maximum atomic E-state index is 14.4. The van der Waals surface area contributed by atoms with Gasteiger partial charge in [0.25, 0.3) is 5.56 Å². The molecule has 0 spiro atoms. The third kappa shape index (κ3) is 5.71. The predicted octanol–water partition coefficient (Wildman–Crippen LogP) is 3.64. The molecule has 2 aliphatic heterocycles. The second-order valence-corrected chi connectivity index (χ2v) is 11.1. The van der Waals surface area contributed by atoms with Crippen molar-refractivity contribution in [3.05, 3.63) is 57.9 Å². The maximum absolute atomic E-state index is 14.4. The van der Waals surface area contributed by atoms with E-state index in [-0.39, 0.29) is 18.8 Å². The molecule has 1 fully saturated rings. The van der Waals surface area contributed by atoms with Gasteiger partial charge < -0.3 is 29.5 Å². The molecule has 0 saturated carbocycles. The zero-order chi connectivity index (χ0) is 29.7. The fourth-order valence-corrected chi connectivity index (χ4v) is 5.54. The Hall–Kier alpha value is -3.77. The van der Waals surface area contributed by atoms with Crippen LogP contribution in [0, 0.1) is 0 Å². The number of β-amino-alcohol motifs (C(OH)–C–C–N with tert-alkyl or cyclic N) is 2. The van der Waals surface area contributed by atoms with Gasteiger partial charge in [0.05, 0.1) is 42.9 Å². The van der Waals surface area contributed by atoms with Gasteiger partial charge in [0.1, 0.15) is 17.2 Å². The number of aromatic nitrogens is 2. The quantitative estimate of drug-likeness (QED) is 0.442. The van der Waals surface area contributed by atoms with Gasteiger partial charge in [-0.1, -0.05) is 0 Å². The van der Waals surface area contributed by atoms with Crippen LogP contribution in [0.1, 0.15) is 31.4 Å². The van der Waals surface area contributed by atoms with E-state index in [0.29, 0.717) is 59.9 Å². The zero-order valence-corrected chi connectivity index (χ0v) is 23.3. The van der Waals surface area contributed by atoms with Gasteiger partial charge in [-0.25, -0.2) is 0 Å². The smallest absolute Gasteiger partial charge is 0.418 e. The Balaban J connectivity index is 1.80. The molecule has 2 aromatic carbocycles. The fourth-order valence-electron chi connectivity index (χ4n) is 5.54. The van der Waals surface area contributed by atoms with E-state index in [9.17, 15) is 28.2 Å². The number of fused-ring (bicyclic) bond motifs is 1. The van der Waals surface area contributed by atoms with Crippen molar-refractivity contribution in [2.45, 2.75) is 44.6 Å². The van der Waals surface area contributed by atoms with Crippen LogP contribution < -0.4 is 24.8 Å². The molecule has 2 aliphatic rings. The second kappa shape index (κ2) is 10.6. The average Bonchev–Trinajstić information content (AvgIpc) is 3.53. The summed E-state index contributed by atoms with van der Waals surface area (Å²) in [6.45, 7) is 4.42. The van der Waals surface area contributed by atoms with E-state index in [1.54, 1.807) is 41.8 Å². The number of halogens is 3. The summed E-state index contributed by atoms with van der Waals surface area (Å²) >= 11 is 0. The van der Waals surface area contributed by atoms with Crippen LogP contribution in [0.2, 0.25) is 0 Å². The van der Waals surface area contributed by atoms with Crippen molar-refractivity contribution in [3.8, 4) is 28.4 Å². The van der Waals surface area contributed by atoms with Gasteiger partial charge in [-0.2, -0.15) is 23.0 Å². The van der Waals surface area contributed by atoms with E-state index in [1.165, 1.54) is 26.4 Å². The third-order valence-corrected chi connectivity index (χ3v) is 7.36. The highest BCUT2D eigenvalue weighted by molar-refractivity contribution is 5.75. The minimum Gasteiger partial charge on any atom is -0.497 e. The van der Waals surface area contributed by atoms with Crippen LogP contribution in [-0.2, 0) is 12.6 Å². The highest BCUT2D eigenvalue weighted by Crippen LogP contribution is 2.39. The molecule has 0 amide bonds. The van der Waals surface area contributed by atoms with E-state index >= 15 is 0 Å². The van der Waals surface area contributed by atoms with Crippen molar-refractivity contribution < 1.29 is 32.9 Å². The van der Waals surface area contributed by atoms with Crippen molar-refractivity contribution in [1.82, 2.24) is 9.78 Å². The summed E-state index contributed by atoms with van der Waals surface area (Å²) in [5, 5.41) is 25.1. The summed E-state index contributed by atoms with van der Waals surface area (Å²) < 4.78 is 54.7. The first kappa shape index (κ1) is 28.7. The lowest BCUT2D eigenvalue weighted by molar-refractivity contribution is -0.137. The molecule has 5 rings (SSSR count). The van der Waals surface area contributed by atoms with Crippen molar-refractivity contribution in [2.24, 2.45) is 0 Å².